The molecular formula is C22H26N5OP. The summed E-state index contributed by atoms with van der Waals surface area (Å²) in [6.45, 7) is 4.36. The summed E-state index contributed by atoms with van der Waals surface area (Å²) in [4.78, 5) is 8.60. The summed E-state index contributed by atoms with van der Waals surface area (Å²) < 4.78 is 12.1. The van der Waals surface area contributed by atoms with Gasteiger partial charge >= 0.3 is 0 Å². The Hall–Kier alpha value is -2.85. The van der Waals surface area contributed by atoms with E-state index in [9.17, 15) is 4.57 Å². The number of fused-ring (bicyclic) bond motifs is 1. The maximum Gasteiger partial charge on any atom is 0.135 e. The SMILES string of the molecule is CP(C)(=O)c1ccc(Nc2cc(NCCC3=CNC4C=CC=CC34)ncn2)cc1. The van der Waals surface area contributed by atoms with Gasteiger partial charge in [-0.15, -0.1) is 0 Å². The number of hydrogen-bond donors (Lipinski definition) is 3. The first kappa shape index (κ1) is 19.5. The molecule has 0 amide bonds. The Bertz CT molecular complexity index is 1010. The van der Waals surface area contributed by atoms with Crippen molar-refractivity contribution in [2.45, 2.75) is 12.5 Å². The minimum Gasteiger partial charge on any atom is -0.384 e. The van der Waals surface area contributed by atoms with Gasteiger partial charge in [-0.2, -0.15) is 0 Å². The standard InChI is InChI=1S/C22H26N5OP/c1-29(2,28)18-9-7-17(8-10-18)27-22-13-21(25-15-26-22)23-12-11-16-14-24-20-6-4-3-5-19(16)20/h3-10,13-15,19-20,24H,11-12H2,1-2H3,(H2,23,25,26,27). The van der Waals surface area contributed by atoms with Gasteiger partial charge < -0.3 is 20.5 Å². The van der Waals surface area contributed by atoms with Crippen LogP contribution in [-0.4, -0.2) is 35.9 Å². The molecular weight excluding hydrogens is 381 g/mol. The zero-order chi connectivity index (χ0) is 20.3. The van der Waals surface area contributed by atoms with E-state index in [1.54, 1.807) is 19.7 Å². The van der Waals surface area contributed by atoms with Crippen LogP contribution in [0, 0.1) is 5.92 Å². The van der Waals surface area contributed by atoms with Crippen LogP contribution in [0.2, 0.25) is 0 Å². The highest BCUT2D eigenvalue weighted by Gasteiger charge is 2.26. The van der Waals surface area contributed by atoms with Crippen molar-refractivity contribution in [1.29, 1.82) is 0 Å². The molecule has 29 heavy (non-hydrogen) atoms. The highest BCUT2D eigenvalue weighted by molar-refractivity contribution is 7.70. The molecule has 1 aliphatic heterocycles. The number of allylic oxidation sites excluding steroid dienone is 2. The number of nitrogens with zero attached hydrogens (tertiary/aromatic N) is 2. The average Bonchev–Trinajstić information content (AvgIpc) is 3.11. The highest BCUT2D eigenvalue weighted by atomic mass is 31.2. The maximum absolute atomic E-state index is 12.1. The van der Waals surface area contributed by atoms with Crippen molar-refractivity contribution in [3.05, 3.63) is 72.7 Å². The van der Waals surface area contributed by atoms with Gasteiger partial charge in [0.1, 0.15) is 25.1 Å². The second-order valence-electron chi connectivity index (χ2n) is 7.70. The number of aromatic nitrogens is 2. The molecule has 2 unspecified atom stereocenters. The Morgan fingerprint density at radius 2 is 1.83 bits per heavy atom. The lowest BCUT2D eigenvalue weighted by atomic mass is 9.90. The summed E-state index contributed by atoms with van der Waals surface area (Å²) in [6.07, 6.45) is 13.3. The molecule has 1 aromatic carbocycles. The first-order valence-corrected chi connectivity index (χ1v) is 12.4. The van der Waals surface area contributed by atoms with Gasteiger partial charge in [-0.1, -0.05) is 24.3 Å². The quantitative estimate of drug-likeness (QED) is 0.605. The molecule has 0 radical (unpaired) electrons. The van der Waals surface area contributed by atoms with Gasteiger partial charge in [0, 0.05) is 29.5 Å². The van der Waals surface area contributed by atoms with Crippen LogP contribution >= 0.6 is 7.14 Å². The third kappa shape index (κ3) is 4.77. The van der Waals surface area contributed by atoms with Gasteiger partial charge in [0.25, 0.3) is 0 Å². The summed E-state index contributed by atoms with van der Waals surface area (Å²) in [5.41, 5.74) is 2.30. The molecule has 1 aliphatic carbocycles. The van der Waals surface area contributed by atoms with E-state index in [1.807, 2.05) is 30.3 Å². The lowest BCUT2D eigenvalue weighted by Crippen LogP contribution is -2.25. The van der Waals surface area contributed by atoms with E-state index >= 15 is 0 Å². The van der Waals surface area contributed by atoms with E-state index in [0.717, 1.165) is 29.8 Å². The van der Waals surface area contributed by atoms with Crippen LogP contribution in [0.4, 0.5) is 17.3 Å². The molecule has 3 N–H and O–H groups in total. The zero-order valence-electron chi connectivity index (χ0n) is 16.7. The average molecular weight is 407 g/mol. The van der Waals surface area contributed by atoms with E-state index in [1.165, 1.54) is 5.57 Å². The molecule has 7 heteroatoms. The number of anilines is 3. The van der Waals surface area contributed by atoms with Crippen molar-refractivity contribution in [3.8, 4) is 0 Å². The van der Waals surface area contributed by atoms with Crippen LogP contribution in [0.25, 0.3) is 0 Å². The van der Waals surface area contributed by atoms with E-state index < -0.39 is 7.14 Å². The molecule has 2 heterocycles. The molecule has 2 atom stereocenters. The van der Waals surface area contributed by atoms with E-state index in [2.05, 4.69) is 56.4 Å². The monoisotopic (exact) mass is 407 g/mol. The fraction of sp³-hybridized carbons (Fsp3) is 0.273. The molecule has 6 nitrogen and oxygen atoms in total. The molecule has 2 aromatic rings. The van der Waals surface area contributed by atoms with Crippen LogP contribution in [0.3, 0.4) is 0 Å². The lowest BCUT2D eigenvalue weighted by Gasteiger charge is -2.19. The Kier molecular flexibility index (Phi) is 5.54. The topological polar surface area (TPSA) is 78.9 Å². The second kappa shape index (κ2) is 8.26. The first-order valence-electron chi connectivity index (χ1n) is 9.77. The van der Waals surface area contributed by atoms with Crippen molar-refractivity contribution >= 4 is 29.8 Å². The lowest BCUT2D eigenvalue weighted by molar-refractivity contribution is 0.588. The maximum atomic E-state index is 12.1. The summed E-state index contributed by atoms with van der Waals surface area (Å²) in [7, 11) is -2.24. The molecule has 0 saturated carbocycles. The Morgan fingerprint density at radius 3 is 2.62 bits per heavy atom. The molecule has 0 spiro atoms. The van der Waals surface area contributed by atoms with Gasteiger partial charge in [-0.3, -0.25) is 0 Å². The van der Waals surface area contributed by atoms with Crippen molar-refractivity contribution in [1.82, 2.24) is 15.3 Å². The summed E-state index contributed by atoms with van der Waals surface area (Å²) in [5, 5.41) is 11.0. The van der Waals surface area contributed by atoms with Crippen molar-refractivity contribution in [2.75, 3.05) is 30.5 Å². The molecule has 1 aromatic heterocycles. The number of hydrogen-bond acceptors (Lipinski definition) is 6. The van der Waals surface area contributed by atoms with Crippen molar-refractivity contribution in [2.24, 2.45) is 5.92 Å². The summed E-state index contributed by atoms with van der Waals surface area (Å²) in [5.74, 6) is 1.95. The van der Waals surface area contributed by atoms with E-state index in [-0.39, 0.29) is 0 Å². The van der Waals surface area contributed by atoms with Gasteiger partial charge in [0.2, 0.25) is 0 Å². The minimum absolute atomic E-state index is 0.394. The van der Waals surface area contributed by atoms with Gasteiger partial charge in [0.15, 0.2) is 0 Å². The van der Waals surface area contributed by atoms with Gasteiger partial charge in [-0.25, -0.2) is 9.97 Å². The number of rotatable bonds is 7. The molecule has 4 rings (SSSR count). The Morgan fingerprint density at radius 1 is 1.07 bits per heavy atom. The third-order valence-corrected chi connectivity index (χ3v) is 6.71. The largest absolute Gasteiger partial charge is 0.384 e. The fourth-order valence-corrected chi connectivity index (χ4v) is 4.43. The Labute approximate surface area is 171 Å². The van der Waals surface area contributed by atoms with Crippen LogP contribution < -0.4 is 21.3 Å². The van der Waals surface area contributed by atoms with Crippen LogP contribution in [0.1, 0.15) is 6.42 Å². The van der Waals surface area contributed by atoms with Crippen LogP contribution in [0.15, 0.2) is 72.7 Å². The van der Waals surface area contributed by atoms with E-state index in [4.69, 9.17) is 0 Å². The van der Waals surface area contributed by atoms with Crippen LogP contribution in [-0.2, 0) is 4.57 Å². The summed E-state index contributed by atoms with van der Waals surface area (Å²) in [6, 6.07) is 9.93. The Balaban J connectivity index is 1.32. The normalized spacial score (nSPS) is 20.0. The molecule has 0 saturated heterocycles. The molecule has 0 bridgehead atoms. The minimum atomic E-state index is -2.24. The predicted molar refractivity (Wildman–Crippen MR) is 121 cm³/mol. The van der Waals surface area contributed by atoms with Gasteiger partial charge in [-0.05, 0) is 55.8 Å². The van der Waals surface area contributed by atoms with Crippen molar-refractivity contribution < 1.29 is 4.57 Å². The second-order valence-corrected chi connectivity index (χ2v) is 10.9. The first-order chi connectivity index (χ1) is 14.0. The number of benzene rings is 1. The fourth-order valence-electron chi connectivity index (χ4n) is 3.57. The van der Waals surface area contributed by atoms with Crippen LogP contribution in [0.5, 0.6) is 0 Å². The van der Waals surface area contributed by atoms with Gasteiger partial charge in [0.05, 0.1) is 6.04 Å². The third-order valence-electron chi connectivity index (χ3n) is 5.17. The molecule has 150 valence electrons. The highest BCUT2D eigenvalue weighted by Crippen LogP contribution is 2.34. The van der Waals surface area contributed by atoms with Crippen molar-refractivity contribution in [3.63, 3.8) is 0 Å². The molecule has 0 fully saturated rings. The summed E-state index contributed by atoms with van der Waals surface area (Å²) >= 11 is 0. The predicted octanol–water partition coefficient (Wildman–Crippen LogP) is 3.87. The zero-order valence-corrected chi connectivity index (χ0v) is 17.6. The number of nitrogens with one attached hydrogen (secondary N) is 3. The smallest absolute Gasteiger partial charge is 0.135 e. The van der Waals surface area contributed by atoms with E-state index in [0.29, 0.717) is 17.8 Å². The molecule has 2 aliphatic rings.